The number of para-hydroxylation sites is 2. The van der Waals surface area contributed by atoms with Crippen LogP contribution in [0.5, 0.6) is 11.5 Å². The fourth-order valence-electron chi connectivity index (χ4n) is 1.24. The number of benzene rings is 2. The van der Waals surface area contributed by atoms with Crippen molar-refractivity contribution in [2.24, 2.45) is 0 Å². The van der Waals surface area contributed by atoms with Gasteiger partial charge < -0.3 is 21.3 Å². The molecule has 0 fully saturated rings. The highest BCUT2D eigenvalue weighted by Gasteiger charge is 1.93. The summed E-state index contributed by atoms with van der Waals surface area (Å²) < 4.78 is 0. The minimum atomic E-state index is -0.115. The summed E-state index contributed by atoms with van der Waals surface area (Å²) in [5.74, 6) is 0.224. The van der Waals surface area contributed by atoms with E-state index < -0.39 is 0 Å². The highest BCUT2D eigenvalue weighted by atomic mass is 16.3. The number of carbonyl (C=O) groups excluding carboxylic acids is 1. The molecule has 0 unspecified atom stereocenters. The molecule has 5 N–H and O–H groups in total. The van der Waals surface area contributed by atoms with E-state index in [1.54, 1.807) is 36.4 Å². The lowest BCUT2D eigenvalue weighted by Gasteiger charge is -1.99. The van der Waals surface area contributed by atoms with Crippen molar-refractivity contribution in [3.05, 3.63) is 48.5 Å². The van der Waals surface area contributed by atoms with Gasteiger partial charge in [-0.15, -0.1) is 0 Å². The van der Waals surface area contributed by atoms with Crippen LogP contribution in [0.25, 0.3) is 0 Å². The van der Waals surface area contributed by atoms with Gasteiger partial charge >= 0.3 is 0 Å². The first-order chi connectivity index (χ1) is 8.99. The second kappa shape index (κ2) is 6.90. The van der Waals surface area contributed by atoms with Gasteiger partial charge in [-0.25, -0.2) is 0 Å². The van der Waals surface area contributed by atoms with Crippen LogP contribution in [-0.4, -0.2) is 16.1 Å². The normalized spacial score (nSPS) is 9.11. The van der Waals surface area contributed by atoms with Crippen molar-refractivity contribution >= 4 is 17.3 Å². The van der Waals surface area contributed by atoms with Crippen LogP contribution in [0.3, 0.4) is 0 Å². The van der Waals surface area contributed by atoms with Gasteiger partial charge in [-0.3, -0.25) is 4.79 Å². The topological polar surface area (TPSA) is 95.6 Å². The Morgan fingerprint density at radius 3 is 2.05 bits per heavy atom. The average molecular weight is 260 g/mol. The van der Waals surface area contributed by atoms with Crippen molar-refractivity contribution in [3.8, 4) is 11.5 Å². The third-order valence-corrected chi connectivity index (χ3v) is 2.12. The maximum atomic E-state index is 10.5. The van der Waals surface area contributed by atoms with Crippen LogP contribution in [-0.2, 0) is 4.79 Å². The van der Waals surface area contributed by atoms with Crippen molar-refractivity contribution in [3.63, 3.8) is 0 Å². The van der Waals surface area contributed by atoms with E-state index in [0.29, 0.717) is 11.4 Å². The van der Waals surface area contributed by atoms with Crippen molar-refractivity contribution in [1.29, 1.82) is 0 Å². The Labute approximate surface area is 111 Å². The molecule has 2 aromatic carbocycles. The molecule has 2 rings (SSSR count). The minimum absolute atomic E-state index is 0.115. The fraction of sp³-hybridized carbons (Fsp3) is 0.0714. The van der Waals surface area contributed by atoms with Gasteiger partial charge in [-0.2, -0.15) is 0 Å². The summed E-state index contributed by atoms with van der Waals surface area (Å²) in [6, 6.07) is 13.0. The molecule has 5 nitrogen and oxygen atoms in total. The van der Waals surface area contributed by atoms with Crippen molar-refractivity contribution in [1.82, 2.24) is 0 Å². The number of hydrogen-bond acceptors (Lipinski definition) is 4. The number of rotatable bonds is 1. The van der Waals surface area contributed by atoms with Crippen LogP contribution in [0.2, 0.25) is 0 Å². The smallest absolute Gasteiger partial charge is 0.221 e. The Morgan fingerprint density at radius 2 is 1.63 bits per heavy atom. The van der Waals surface area contributed by atoms with Gasteiger partial charge in [0.25, 0.3) is 0 Å². The molecule has 0 aliphatic carbocycles. The number of aromatic hydroxyl groups is 2. The van der Waals surface area contributed by atoms with Gasteiger partial charge in [-0.1, -0.05) is 12.1 Å². The number of anilines is 2. The molecule has 19 heavy (non-hydrogen) atoms. The van der Waals surface area contributed by atoms with Crippen LogP contribution in [0, 0.1) is 0 Å². The molecule has 100 valence electrons. The SMILES string of the molecule is CC(=O)Nc1ccc(O)cc1.Nc1ccccc1O. The van der Waals surface area contributed by atoms with E-state index in [-0.39, 0.29) is 17.4 Å². The Hall–Kier alpha value is -2.69. The molecule has 2 aromatic rings. The third kappa shape index (κ3) is 5.45. The number of nitrogens with one attached hydrogen (secondary N) is 1. The van der Waals surface area contributed by atoms with Gasteiger partial charge in [0.15, 0.2) is 0 Å². The molecule has 0 aliphatic heterocycles. The summed E-state index contributed by atoms with van der Waals surface area (Å²) in [5.41, 5.74) is 6.38. The lowest BCUT2D eigenvalue weighted by atomic mass is 10.3. The monoisotopic (exact) mass is 260 g/mol. The Morgan fingerprint density at radius 1 is 1.05 bits per heavy atom. The molecule has 0 heterocycles. The summed E-state index contributed by atoms with van der Waals surface area (Å²) in [4.78, 5) is 10.5. The van der Waals surface area contributed by atoms with E-state index in [9.17, 15) is 4.79 Å². The zero-order valence-corrected chi connectivity index (χ0v) is 10.5. The quantitative estimate of drug-likeness (QED) is 0.359. The Bertz CT molecular complexity index is 518. The molecule has 0 spiro atoms. The summed E-state index contributed by atoms with van der Waals surface area (Å²) >= 11 is 0. The molecule has 0 atom stereocenters. The van der Waals surface area contributed by atoms with Gasteiger partial charge in [0.2, 0.25) is 5.91 Å². The van der Waals surface area contributed by atoms with E-state index in [1.165, 1.54) is 19.1 Å². The zero-order valence-electron chi connectivity index (χ0n) is 10.5. The number of carbonyl (C=O) groups is 1. The minimum Gasteiger partial charge on any atom is -0.508 e. The number of amides is 1. The van der Waals surface area contributed by atoms with E-state index in [0.717, 1.165) is 0 Å². The highest BCUT2D eigenvalue weighted by molar-refractivity contribution is 5.88. The van der Waals surface area contributed by atoms with E-state index >= 15 is 0 Å². The first kappa shape index (κ1) is 14.4. The first-order valence-corrected chi connectivity index (χ1v) is 5.59. The molecular formula is C14H16N2O3. The molecule has 0 saturated carbocycles. The van der Waals surface area contributed by atoms with Crippen molar-refractivity contribution in [2.75, 3.05) is 11.1 Å². The summed E-state index contributed by atoms with van der Waals surface area (Å²) in [6.07, 6.45) is 0. The Kier molecular flexibility index (Phi) is 5.22. The van der Waals surface area contributed by atoms with Crippen molar-refractivity contribution in [2.45, 2.75) is 6.92 Å². The fourth-order valence-corrected chi connectivity index (χ4v) is 1.24. The number of nitrogen functional groups attached to an aromatic ring is 1. The third-order valence-electron chi connectivity index (χ3n) is 2.12. The molecule has 0 saturated heterocycles. The Balaban J connectivity index is 0.000000200. The standard InChI is InChI=1S/C8H9NO2.C6H7NO/c1-6(10)9-7-2-4-8(11)5-3-7;7-5-3-1-2-4-6(5)8/h2-5,11H,1H3,(H,9,10);1-4,8H,7H2. The maximum absolute atomic E-state index is 10.5. The summed E-state index contributed by atoms with van der Waals surface area (Å²) in [7, 11) is 0. The van der Waals surface area contributed by atoms with Gasteiger partial charge in [0, 0.05) is 12.6 Å². The number of phenols is 2. The van der Waals surface area contributed by atoms with E-state index in [4.69, 9.17) is 15.9 Å². The van der Waals surface area contributed by atoms with Crippen LogP contribution < -0.4 is 11.1 Å². The van der Waals surface area contributed by atoms with E-state index in [2.05, 4.69) is 5.32 Å². The summed E-state index contributed by atoms with van der Waals surface area (Å²) in [5, 5.41) is 20.3. The van der Waals surface area contributed by atoms with Crippen LogP contribution in [0.4, 0.5) is 11.4 Å². The predicted molar refractivity (Wildman–Crippen MR) is 74.9 cm³/mol. The maximum Gasteiger partial charge on any atom is 0.221 e. The number of nitrogens with two attached hydrogens (primary N) is 1. The molecule has 0 bridgehead atoms. The summed E-state index contributed by atoms with van der Waals surface area (Å²) in [6.45, 7) is 1.44. The average Bonchev–Trinajstić information content (AvgIpc) is 2.36. The molecule has 1 amide bonds. The molecule has 0 radical (unpaired) electrons. The largest absolute Gasteiger partial charge is 0.508 e. The highest BCUT2D eigenvalue weighted by Crippen LogP contribution is 2.16. The number of phenolic OH excluding ortho intramolecular Hbond substituents is 2. The van der Waals surface area contributed by atoms with Gasteiger partial charge in [0.05, 0.1) is 5.69 Å². The van der Waals surface area contributed by atoms with Gasteiger partial charge in [-0.05, 0) is 36.4 Å². The van der Waals surface area contributed by atoms with Crippen LogP contribution in [0.15, 0.2) is 48.5 Å². The van der Waals surface area contributed by atoms with Crippen LogP contribution in [0.1, 0.15) is 6.92 Å². The van der Waals surface area contributed by atoms with Gasteiger partial charge in [0.1, 0.15) is 11.5 Å². The predicted octanol–water partition coefficient (Wildman–Crippen LogP) is 2.33. The van der Waals surface area contributed by atoms with Crippen molar-refractivity contribution < 1.29 is 15.0 Å². The molecular weight excluding hydrogens is 244 g/mol. The lowest BCUT2D eigenvalue weighted by molar-refractivity contribution is -0.114. The van der Waals surface area contributed by atoms with Crippen LogP contribution >= 0.6 is 0 Å². The second-order valence-corrected chi connectivity index (χ2v) is 3.79. The lowest BCUT2D eigenvalue weighted by Crippen LogP contribution is -2.04. The zero-order chi connectivity index (χ0) is 14.3. The van der Waals surface area contributed by atoms with E-state index in [1.807, 2.05) is 0 Å². The molecule has 0 aliphatic rings. The number of hydrogen-bond donors (Lipinski definition) is 4. The molecule has 0 aromatic heterocycles. The molecule has 5 heteroatoms. The first-order valence-electron chi connectivity index (χ1n) is 5.59. The second-order valence-electron chi connectivity index (χ2n) is 3.79.